The van der Waals surface area contributed by atoms with Crippen molar-refractivity contribution in [3.05, 3.63) is 47.1 Å². The lowest BCUT2D eigenvalue weighted by molar-refractivity contribution is 0.0900. The predicted molar refractivity (Wildman–Crippen MR) is 118 cm³/mol. The van der Waals surface area contributed by atoms with Crippen LogP contribution in [0.1, 0.15) is 55.5 Å². The third kappa shape index (κ3) is 5.11. The number of benzene rings is 1. The molecule has 2 aliphatic rings. The molecule has 4 nitrogen and oxygen atoms in total. The highest BCUT2D eigenvalue weighted by molar-refractivity contribution is 6.02. The number of fused-ring (bicyclic) bond motifs is 1. The molecule has 0 bridgehead atoms. The largest absolute Gasteiger partial charge is 0.493 e. The van der Waals surface area contributed by atoms with E-state index in [9.17, 15) is 4.79 Å². The van der Waals surface area contributed by atoms with Crippen LogP contribution in [0, 0.1) is 11.8 Å². The quantitative estimate of drug-likeness (QED) is 0.574. The number of nitrogens with zero attached hydrogens (tertiary/aromatic N) is 1. The van der Waals surface area contributed by atoms with Crippen LogP contribution in [0.3, 0.4) is 0 Å². The number of allylic oxidation sites excluding steroid dienone is 2. The van der Waals surface area contributed by atoms with Gasteiger partial charge in [-0.05, 0) is 81.3 Å². The second-order valence-corrected chi connectivity index (χ2v) is 8.27. The van der Waals surface area contributed by atoms with Gasteiger partial charge in [-0.15, -0.1) is 0 Å². The lowest BCUT2D eigenvalue weighted by atomic mass is 9.85. The predicted octanol–water partition coefficient (Wildman–Crippen LogP) is 5.07. The molecule has 1 unspecified atom stereocenters. The maximum absolute atomic E-state index is 13.0. The SMILES string of the molecule is C/C=C\C(=C/CC)CN1CCC(CC2Cc3cc(OC)c(OC)cc3C2=O)CC1. The molecule has 0 radical (unpaired) electrons. The number of carbonyl (C=O) groups excluding carboxylic acids is 1. The second kappa shape index (κ2) is 10.1. The molecule has 1 heterocycles. The van der Waals surface area contributed by atoms with Crippen LogP contribution < -0.4 is 9.47 Å². The first-order valence-electron chi connectivity index (χ1n) is 10.9. The molecule has 4 heteroatoms. The molecule has 1 fully saturated rings. The number of methoxy groups -OCH3 is 2. The summed E-state index contributed by atoms with van der Waals surface area (Å²) in [7, 11) is 3.26. The lowest BCUT2D eigenvalue weighted by Crippen LogP contribution is -2.35. The number of piperidine rings is 1. The fraction of sp³-hybridized carbons (Fsp3) is 0.560. The van der Waals surface area contributed by atoms with E-state index in [1.807, 2.05) is 12.1 Å². The number of hydrogen-bond donors (Lipinski definition) is 0. The van der Waals surface area contributed by atoms with Crippen LogP contribution in [0.5, 0.6) is 11.5 Å². The fourth-order valence-corrected chi connectivity index (χ4v) is 4.79. The molecule has 1 aliphatic heterocycles. The Morgan fingerprint density at radius 2 is 1.86 bits per heavy atom. The Bertz CT molecular complexity index is 773. The smallest absolute Gasteiger partial charge is 0.166 e. The van der Waals surface area contributed by atoms with Gasteiger partial charge >= 0.3 is 0 Å². The molecule has 0 N–H and O–H groups in total. The summed E-state index contributed by atoms with van der Waals surface area (Å²) in [5.74, 6) is 2.39. The highest BCUT2D eigenvalue weighted by Gasteiger charge is 2.34. The minimum Gasteiger partial charge on any atom is -0.493 e. The summed E-state index contributed by atoms with van der Waals surface area (Å²) in [4.78, 5) is 15.5. The molecule has 1 saturated heterocycles. The fourth-order valence-electron chi connectivity index (χ4n) is 4.79. The number of carbonyl (C=O) groups is 1. The third-order valence-electron chi connectivity index (χ3n) is 6.29. The van der Waals surface area contributed by atoms with Crippen molar-refractivity contribution in [3.63, 3.8) is 0 Å². The average Bonchev–Trinajstić information content (AvgIpc) is 3.03. The van der Waals surface area contributed by atoms with E-state index in [2.05, 4.69) is 37.0 Å². The Kier molecular flexibility index (Phi) is 7.54. The van der Waals surface area contributed by atoms with E-state index in [1.165, 1.54) is 18.4 Å². The van der Waals surface area contributed by atoms with Gasteiger partial charge in [-0.2, -0.15) is 0 Å². The van der Waals surface area contributed by atoms with Crippen LogP contribution in [0.4, 0.5) is 0 Å². The van der Waals surface area contributed by atoms with Crippen molar-refractivity contribution in [1.82, 2.24) is 4.90 Å². The molecule has 1 aromatic rings. The first kappa shape index (κ1) is 21.6. The number of rotatable bonds is 8. The van der Waals surface area contributed by atoms with E-state index in [1.54, 1.807) is 14.2 Å². The summed E-state index contributed by atoms with van der Waals surface area (Å²) in [6.45, 7) is 7.56. The van der Waals surface area contributed by atoms with Gasteiger partial charge in [0.15, 0.2) is 17.3 Å². The monoisotopic (exact) mass is 397 g/mol. The van der Waals surface area contributed by atoms with Crippen molar-refractivity contribution in [1.29, 1.82) is 0 Å². The van der Waals surface area contributed by atoms with Crippen LogP contribution >= 0.6 is 0 Å². The van der Waals surface area contributed by atoms with Crippen molar-refractivity contribution in [3.8, 4) is 11.5 Å². The van der Waals surface area contributed by atoms with Crippen molar-refractivity contribution in [2.45, 2.75) is 46.0 Å². The minimum atomic E-state index is 0.108. The van der Waals surface area contributed by atoms with Gasteiger partial charge < -0.3 is 9.47 Å². The third-order valence-corrected chi connectivity index (χ3v) is 6.29. The van der Waals surface area contributed by atoms with Gasteiger partial charge in [-0.25, -0.2) is 0 Å². The van der Waals surface area contributed by atoms with E-state index >= 15 is 0 Å². The van der Waals surface area contributed by atoms with Gasteiger partial charge in [0.1, 0.15) is 0 Å². The Morgan fingerprint density at radius 3 is 2.48 bits per heavy atom. The van der Waals surface area contributed by atoms with Crippen molar-refractivity contribution >= 4 is 5.78 Å². The van der Waals surface area contributed by atoms with Crippen LogP contribution in [-0.4, -0.2) is 44.5 Å². The topological polar surface area (TPSA) is 38.8 Å². The van der Waals surface area contributed by atoms with Gasteiger partial charge in [0.2, 0.25) is 0 Å². The standard InChI is InChI=1S/C25H35NO3/c1-5-7-19(8-6-2)17-26-11-9-18(10-12-26)13-21-14-20-15-23(28-3)24(29-4)16-22(20)25(21)27/h5,7-8,15-16,18,21H,6,9-14,17H2,1-4H3/b7-5-,19-8+. The average molecular weight is 398 g/mol. The normalized spacial score (nSPS) is 21.0. The Morgan fingerprint density at radius 1 is 1.17 bits per heavy atom. The number of likely N-dealkylation sites (tertiary alicyclic amines) is 1. The summed E-state index contributed by atoms with van der Waals surface area (Å²) in [5, 5.41) is 0. The molecule has 3 rings (SSSR count). The van der Waals surface area contributed by atoms with E-state index in [0.29, 0.717) is 17.4 Å². The highest BCUT2D eigenvalue weighted by atomic mass is 16.5. The minimum absolute atomic E-state index is 0.108. The summed E-state index contributed by atoms with van der Waals surface area (Å²) in [6.07, 6.45) is 12.0. The molecule has 0 amide bonds. The molecule has 1 atom stereocenters. The molecule has 1 aliphatic carbocycles. The number of Topliss-reactive ketones (excluding diaryl/α,β-unsaturated/α-hetero) is 1. The number of ketones is 1. The second-order valence-electron chi connectivity index (χ2n) is 8.27. The molecular formula is C25H35NO3. The van der Waals surface area contributed by atoms with Gasteiger partial charge in [0.25, 0.3) is 0 Å². The summed E-state index contributed by atoms with van der Waals surface area (Å²) in [5.41, 5.74) is 3.35. The zero-order valence-electron chi connectivity index (χ0n) is 18.4. The molecule has 1 aromatic carbocycles. The van der Waals surface area contributed by atoms with E-state index in [-0.39, 0.29) is 11.7 Å². The molecule has 0 aromatic heterocycles. The van der Waals surface area contributed by atoms with Gasteiger partial charge in [0.05, 0.1) is 14.2 Å². The van der Waals surface area contributed by atoms with Gasteiger partial charge in [-0.3, -0.25) is 9.69 Å². The first-order valence-corrected chi connectivity index (χ1v) is 10.9. The molecule has 0 spiro atoms. The molecule has 29 heavy (non-hydrogen) atoms. The Balaban J connectivity index is 1.56. The Hall–Kier alpha value is -2.07. The van der Waals surface area contributed by atoms with Crippen LogP contribution in [0.2, 0.25) is 0 Å². The van der Waals surface area contributed by atoms with Crippen LogP contribution in [-0.2, 0) is 6.42 Å². The maximum atomic E-state index is 13.0. The molecule has 158 valence electrons. The van der Waals surface area contributed by atoms with Crippen LogP contribution in [0.15, 0.2) is 35.9 Å². The van der Waals surface area contributed by atoms with Crippen molar-refractivity contribution < 1.29 is 14.3 Å². The lowest BCUT2D eigenvalue weighted by Gasteiger charge is -2.33. The van der Waals surface area contributed by atoms with E-state index < -0.39 is 0 Å². The molecule has 0 saturated carbocycles. The van der Waals surface area contributed by atoms with Crippen LogP contribution in [0.25, 0.3) is 0 Å². The summed E-state index contributed by atoms with van der Waals surface area (Å²) in [6, 6.07) is 3.85. The zero-order valence-corrected chi connectivity index (χ0v) is 18.4. The van der Waals surface area contributed by atoms with E-state index in [4.69, 9.17) is 9.47 Å². The number of ether oxygens (including phenoxy) is 2. The summed E-state index contributed by atoms with van der Waals surface area (Å²) < 4.78 is 10.8. The van der Waals surface area contributed by atoms with Gasteiger partial charge in [-0.1, -0.05) is 25.2 Å². The van der Waals surface area contributed by atoms with Crippen molar-refractivity contribution in [2.75, 3.05) is 33.9 Å². The maximum Gasteiger partial charge on any atom is 0.166 e. The first-order chi connectivity index (χ1) is 14.1. The Labute approximate surface area is 175 Å². The van der Waals surface area contributed by atoms with E-state index in [0.717, 1.165) is 50.0 Å². The van der Waals surface area contributed by atoms with Gasteiger partial charge in [0, 0.05) is 18.0 Å². The molecular weight excluding hydrogens is 362 g/mol. The summed E-state index contributed by atoms with van der Waals surface area (Å²) >= 11 is 0. The zero-order chi connectivity index (χ0) is 20.8. The number of hydrogen-bond acceptors (Lipinski definition) is 4. The van der Waals surface area contributed by atoms with Crippen molar-refractivity contribution in [2.24, 2.45) is 11.8 Å². The highest BCUT2D eigenvalue weighted by Crippen LogP contribution is 2.39.